The monoisotopic (exact) mass is 370 g/mol. The van der Waals surface area contributed by atoms with Crippen molar-refractivity contribution in [2.75, 3.05) is 13.2 Å². The molecule has 0 aromatic carbocycles. The zero-order chi connectivity index (χ0) is 18.6. The summed E-state index contributed by atoms with van der Waals surface area (Å²) in [5.41, 5.74) is 1.94. The topological polar surface area (TPSA) is 18.5 Å². The van der Waals surface area contributed by atoms with E-state index in [2.05, 4.69) is 27.0 Å². The lowest BCUT2D eigenvalue weighted by molar-refractivity contribution is 0.177. The average molecular weight is 371 g/mol. The van der Waals surface area contributed by atoms with Crippen molar-refractivity contribution in [2.24, 2.45) is 0 Å². The van der Waals surface area contributed by atoms with Crippen LogP contribution >= 0.6 is 0 Å². The Balaban J connectivity index is 3.50. The zero-order valence-corrected chi connectivity index (χ0v) is 18.6. The molecule has 0 aromatic rings. The Morgan fingerprint density at radius 1 is 0.600 bits per heavy atom. The smallest absolute Gasteiger partial charge is 0.361 e. The van der Waals surface area contributed by atoms with Gasteiger partial charge in [0.2, 0.25) is 0 Å². The predicted octanol–water partition coefficient (Wildman–Crippen LogP) is 7.71. The molecule has 0 radical (unpaired) electrons. The van der Waals surface area contributed by atoms with Crippen LogP contribution in [-0.2, 0) is 8.85 Å². The van der Waals surface area contributed by atoms with Crippen LogP contribution in [0.3, 0.4) is 0 Å². The van der Waals surface area contributed by atoms with E-state index in [9.17, 15) is 0 Å². The average Bonchev–Trinajstić information content (AvgIpc) is 2.62. The molecule has 0 saturated heterocycles. The van der Waals surface area contributed by atoms with E-state index in [4.69, 9.17) is 8.85 Å². The van der Waals surface area contributed by atoms with Crippen molar-refractivity contribution < 1.29 is 8.85 Å². The summed E-state index contributed by atoms with van der Waals surface area (Å²) in [6.07, 6.45) is 20.0. The van der Waals surface area contributed by atoms with E-state index in [-0.39, 0.29) is 0 Å². The van der Waals surface area contributed by atoms with Gasteiger partial charge in [-0.2, -0.15) is 0 Å². The molecular formula is C22H46O2Si. The molecule has 2 nitrogen and oxygen atoms in total. The normalized spacial score (nSPS) is 13.7. The molecule has 0 bridgehead atoms. The first-order valence-electron chi connectivity index (χ1n) is 11.1. The molecular weight excluding hydrogens is 324 g/mol. The molecule has 3 heteroatoms. The molecule has 1 unspecified atom stereocenters. The third kappa shape index (κ3) is 17.1. The number of hydrogen-bond donors (Lipinski definition) is 0. The van der Waals surface area contributed by atoms with Crippen LogP contribution in [0.25, 0.3) is 0 Å². The molecule has 0 amide bonds. The maximum atomic E-state index is 6.08. The third-order valence-corrected chi connectivity index (χ3v) is 7.19. The number of rotatable bonds is 20. The van der Waals surface area contributed by atoms with Crippen molar-refractivity contribution in [1.29, 1.82) is 0 Å². The largest absolute Gasteiger partial charge is 0.391 e. The second-order valence-corrected chi connectivity index (χ2v) is 10.5. The standard InChI is InChI=1S/C22H46O2Si/c1-5-8-10-12-14-15-16-18-20-22-24-25(4,7-3)23-21-19-17-13-11-9-6-2/h7H,3,5-6,8-22H2,1-2,4H3. The highest BCUT2D eigenvalue weighted by molar-refractivity contribution is 6.71. The van der Waals surface area contributed by atoms with Crippen molar-refractivity contribution in [3.05, 3.63) is 12.3 Å². The lowest BCUT2D eigenvalue weighted by Crippen LogP contribution is -2.37. The summed E-state index contributed by atoms with van der Waals surface area (Å²) in [7, 11) is -2.13. The van der Waals surface area contributed by atoms with Crippen LogP contribution in [0.4, 0.5) is 0 Å². The van der Waals surface area contributed by atoms with Gasteiger partial charge in [0, 0.05) is 13.2 Å². The SMILES string of the molecule is C=C[Si](C)(OCCCCCCCC)OCCCCCCCCCCC. The van der Waals surface area contributed by atoms with Gasteiger partial charge in [-0.1, -0.05) is 97.3 Å². The van der Waals surface area contributed by atoms with Gasteiger partial charge in [0.15, 0.2) is 0 Å². The van der Waals surface area contributed by atoms with Crippen LogP contribution in [0.5, 0.6) is 0 Å². The highest BCUT2D eigenvalue weighted by Gasteiger charge is 2.26. The highest BCUT2D eigenvalue weighted by Crippen LogP contribution is 2.14. The minimum atomic E-state index is -2.13. The van der Waals surface area contributed by atoms with Crippen molar-refractivity contribution in [1.82, 2.24) is 0 Å². The summed E-state index contributed by atoms with van der Waals surface area (Å²) in [5.74, 6) is 0. The summed E-state index contributed by atoms with van der Waals surface area (Å²) in [4.78, 5) is 0. The van der Waals surface area contributed by atoms with E-state index in [1.807, 2.05) is 5.70 Å². The van der Waals surface area contributed by atoms with Gasteiger partial charge in [0.25, 0.3) is 0 Å². The molecule has 0 N–H and O–H groups in total. The Morgan fingerprint density at radius 2 is 0.920 bits per heavy atom. The van der Waals surface area contributed by atoms with E-state index in [1.54, 1.807) is 0 Å². The zero-order valence-electron chi connectivity index (χ0n) is 17.6. The fraction of sp³-hybridized carbons (Fsp3) is 0.909. The summed E-state index contributed by atoms with van der Waals surface area (Å²) in [6, 6.07) is 0. The molecule has 0 heterocycles. The van der Waals surface area contributed by atoms with Crippen molar-refractivity contribution in [3.63, 3.8) is 0 Å². The summed E-state index contributed by atoms with van der Waals surface area (Å²) >= 11 is 0. The minimum absolute atomic E-state index is 0.832. The first kappa shape index (κ1) is 24.9. The lowest BCUT2D eigenvalue weighted by atomic mass is 10.1. The van der Waals surface area contributed by atoms with E-state index < -0.39 is 8.56 Å². The molecule has 0 fully saturated rings. The third-order valence-electron chi connectivity index (χ3n) is 4.89. The molecule has 0 saturated carbocycles. The van der Waals surface area contributed by atoms with E-state index in [0.29, 0.717) is 0 Å². The second-order valence-electron chi connectivity index (χ2n) is 7.51. The summed E-state index contributed by atoms with van der Waals surface area (Å²) in [6.45, 7) is 12.3. The van der Waals surface area contributed by atoms with Crippen LogP contribution in [0.1, 0.15) is 110 Å². The van der Waals surface area contributed by atoms with Gasteiger partial charge in [-0.25, -0.2) is 0 Å². The lowest BCUT2D eigenvalue weighted by Gasteiger charge is -2.23. The Hall–Kier alpha value is -0.123. The molecule has 0 spiro atoms. The molecule has 1 atom stereocenters. The van der Waals surface area contributed by atoms with Crippen LogP contribution in [-0.4, -0.2) is 21.8 Å². The first-order valence-corrected chi connectivity index (χ1v) is 13.5. The fourth-order valence-electron chi connectivity index (χ4n) is 3.00. The van der Waals surface area contributed by atoms with Crippen LogP contribution in [0.2, 0.25) is 6.55 Å². The molecule has 0 aliphatic carbocycles. The van der Waals surface area contributed by atoms with Gasteiger partial charge in [0.05, 0.1) is 0 Å². The Kier molecular flexibility index (Phi) is 18.6. The Labute approximate surface area is 160 Å². The molecule has 0 aliphatic rings. The Bertz CT molecular complexity index is 283. The number of hydrogen-bond acceptors (Lipinski definition) is 2. The molecule has 0 aromatic heterocycles. The Morgan fingerprint density at radius 3 is 1.24 bits per heavy atom. The quantitative estimate of drug-likeness (QED) is 0.161. The van der Waals surface area contributed by atoms with Gasteiger partial charge in [-0.15, -0.1) is 6.58 Å². The maximum absolute atomic E-state index is 6.08. The molecule has 0 rings (SSSR count). The predicted molar refractivity (Wildman–Crippen MR) is 114 cm³/mol. The van der Waals surface area contributed by atoms with Gasteiger partial charge in [-0.05, 0) is 25.1 Å². The van der Waals surface area contributed by atoms with E-state index in [0.717, 1.165) is 26.1 Å². The second kappa shape index (κ2) is 18.7. The van der Waals surface area contributed by atoms with E-state index >= 15 is 0 Å². The summed E-state index contributed by atoms with van der Waals surface area (Å²) in [5, 5.41) is 0. The number of unbranched alkanes of at least 4 members (excludes halogenated alkanes) is 13. The first-order chi connectivity index (χ1) is 12.2. The maximum Gasteiger partial charge on any atom is 0.361 e. The van der Waals surface area contributed by atoms with Gasteiger partial charge >= 0.3 is 8.56 Å². The molecule has 25 heavy (non-hydrogen) atoms. The summed E-state index contributed by atoms with van der Waals surface area (Å²) < 4.78 is 12.1. The van der Waals surface area contributed by atoms with Crippen LogP contribution < -0.4 is 0 Å². The van der Waals surface area contributed by atoms with Crippen molar-refractivity contribution in [3.8, 4) is 0 Å². The van der Waals surface area contributed by atoms with Crippen molar-refractivity contribution in [2.45, 2.75) is 117 Å². The van der Waals surface area contributed by atoms with Gasteiger partial charge in [0.1, 0.15) is 0 Å². The van der Waals surface area contributed by atoms with Crippen LogP contribution in [0, 0.1) is 0 Å². The fourth-order valence-corrected chi connectivity index (χ4v) is 4.42. The molecule has 0 aliphatic heterocycles. The molecule has 150 valence electrons. The highest BCUT2D eigenvalue weighted by atomic mass is 28.4. The van der Waals surface area contributed by atoms with Crippen LogP contribution in [0.15, 0.2) is 12.3 Å². The van der Waals surface area contributed by atoms with Crippen molar-refractivity contribution >= 4 is 8.56 Å². The van der Waals surface area contributed by atoms with Gasteiger partial charge < -0.3 is 8.85 Å². The van der Waals surface area contributed by atoms with Gasteiger partial charge in [-0.3, -0.25) is 0 Å². The minimum Gasteiger partial charge on any atom is -0.391 e. The van der Waals surface area contributed by atoms with E-state index in [1.165, 1.54) is 83.5 Å².